The zero-order valence-corrected chi connectivity index (χ0v) is 10.4. The molecule has 2 rings (SSSR count). The Balaban J connectivity index is 2.29. The molecule has 0 bridgehead atoms. The minimum absolute atomic E-state index is 0.0131. The van der Waals surface area contributed by atoms with Crippen LogP contribution in [0.1, 0.15) is 37.7 Å². The standard InChI is InChI=1S/C14H16F2N2/c1-18(11-5-3-2-4-6-11)14-12(15)7-10(9-17)8-13(14)16/h7-8,11H,2-6H2,1H3. The van der Waals surface area contributed by atoms with Crippen LogP contribution in [0.4, 0.5) is 14.5 Å². The lowest BCUT2D eigenvalue weighted by Crippen LogP contribution is -2.34. The van der Waals surface area contributed by atoms with Crippen molar-refractivity contribution >= 4 is 5.69 Å². The maximum absolute atomic E-state index is 13.9. The van der Waals surface area contributed by atoms with E-state index in [1.165, 1.54) is 6.42 Å². The third kappa shape index (κ3) is 2.45. The summed E-state index contributed by atoms with van der Waals surface area (Å²) in [6, 6.07) is 4.14. The van der Waals surface area contributed by atoms with Crippen LogP contribution < -0.4 is 4.90 Å². The third-order valence-corrected chi connectivity index (χ3v) is 3.62. The zero-order chi connectivity index (χ0) is 13.1. The van der Waals surface area contributed by atoms with Gasteiger partial charge in [-0.15, -0.1) is 0 Å². The fourth-order valence-electron chi connectivity index (χ4n) is 2.62. The van der Waals surface area contributed by atoms with Crippen LogP contribution >= 0.6 is 0 Å². The molecule has 0 N–H and O–H groups in total. The maximum Gasteiger partial charge on any atom is 0.150 e. The summed E-state index contributed by atoms with van der Waals surface area (Å²) in [4.78, 5) is 1.69. The van der Waals surface area contributed by atoms with E-state index in [-0.39, 0.29) is 17.3 Å². The SMILES string of the molecule is CN(c1c(F)cc(C#N)cc1F)C1CCCCC1. The van der Waals surface area contributed by atoms with E-state index in [1.54, 1.807) is 18.0 Å². The van der Waals surface area contributed by atoms with Crippen LogP contribution in [0, 0.1) is 23.0 Å². The molecule has 0 aliphatic heterocycles. The molecule has 1 fully saturated rings. The van der Waals surface area contributed by atoms with Crippen LogP contribution in [-0.4, -0.2) is 13.1 Å². The molecule has 0 radical (unpaired) electrons. The molecule has 0 unspecified atom stereocenters. The molecule has 0 amide bonds. The lowest BCUT2D eigenvalue weighted by molar-refractivity contribution is 0.420. The lowest BCUT2D eigenvalue weighted by Gasteiger charge is -2.33. The van der Waals surface area contributed by atoms with Crippen LogP contribution in [0.3, 0.4) is 0 Å². The lowest BCUT2D eigenvalue weighted by atomic mass is 9.94. The molecule has 1 aliphatic rings. The topological polar surface area (TPSA) is 27.0 Å². The van der Waals surface area contributed by atoms with Gasteiger partial charge in [-0.1, -0.05) is 19.3 Å². The molecule has 1 aromatic rings. The van der Waals surface area contributed by atoms with Gasteiger partial charge in [-0.05, 0) is 25.0 Å². The van der Waals surface area contributed by atoms with Gasteiger partial charge in [0.1, 0.15) is 5.69 Å². The molecule has 96 valence electrons. The fraction of sp³-hybridized carbons (Fsp3) is 0.500. The molecule has 0 saturated heterocycles. The number of nitriles is 1. The second-order valence-corrected chi connectivity index (χ2v) is 4.80. The van der Waals surface area contributed by atoms with Crippen molar-refractivity contribution in [1.82, 2.24) is 0 Å². The highest BCUT2D eigenvalue weighted by Gasteiger charge is 2.23. The number of halogens is 2. The highest BCUT2D eigenvalue weighted by Crippen LogP contribution is 2.30. The molecule has 0 spiro atoms. The fourth-order valence-corrected chi connectivity index (χ4v) is 2.62. The summed E-state index contributed by atoms with van der Waals surface area (Å²) in [7, 11) is 1.73. The van der Waals surface area contributed by atoms with Crippen molar-refractivity contribution in [3.63, 3.8) is 0 Å². The summed E-state index contributed by atoms with van der Waals surface area (Å²) in [5.74, 6) is -1.31. The van der Waals surface area contributed by atoms with E-state index in [0.717, 1.165) is 37.8 Å². The summed E-state index contributed by atoms with van der Waals surface area (Å²) in [6.07, 6.45) is 5.34. The quantitative estimate of drug-likeness (QED) is 0.801. The first-order valence-electron chi connectivity index (χ1n) is 6.25. The van der Waals surface area contributed by atoms with E-state index >= 15 is 0 Å². The summed E-state index contributed by atoms with van der Waals surface area (Å²) in [6.45, 7) is 0. The van der Waals surface area contributed by atoms with Gasteiger partial charge in [-0.25, -0.2) is 8.78 Å². The number of anilines is 1. The van der Waals surface area contributed by atoms with Crippen molar-refractivity contribution in [2.24, 2.45) is 0 Å². The Hall–Kier alpha value is -1.63. The highest BCUT2D eigenvalue weighted by atomic mass is 19.1. The maximum atomic E-state index is 13.9. The van der Waals surface area contributed by atoms with E-state index < -0.39 is 11.6 Å². The van der Waals surface area contributed by atoms with Crippen molar-refractivity contribution in [3.05, 3.63) is 29.3 Å². The van der Waals surface area contributed by atoms with Gasteiger partial charge in [-0.3, -0.25) is 0 Å². The normalized spacial score (nSPS) is 16.3. The van der Waals surface area contributed by atoms with Crippen LogP contribution in [0.25, 0.3) is 0 Å². The second kappa shape index (κ2) is 5.34. The molecule has 0 heterocycles. The monoisotopic (exact) mass is 250 g/mol. The Kier molecular flexibility index (Phi) is 3.81. The van der Waals surface area contributed by atoms with E-state index in [2.05, 4.69) is 0 Å². The van der Waals surface area contributed by atoms with E-state index in [1.807, 2.05) is 0 Å². The Bertz CT molecular complexity index is 450. The molecule has 1 aromatic carbocycles. The first-order chi connectivity index (χ1) is 8.63. The predicted molar refractivity (Wildman–Crippen MR) is 66.3 cm³/mol. The Morgan fingerprint density at radius 3 is 2.22 bits per heavy atom. The third-order valence-electron chi connectivity index (χ3n) is 3.62. The summed E-state index contributed by atoms with van der Waals surface area (Å²) in [5.41, 5.74) is 0.00620. The molecule has 2 nitrogen and oxygen atoms in total. The Morgan fingerprint density at radius 1 is 1.17 bits per heavy atom. The smallest absolute Gasteiger partial charge is 0.150 e. The largest absolute Gasteiger partial charge is 0.367 e. The average Bonchev–Trinajstić information content (AvgIpc) is 2.38. The van der Waals surface area contributed by atoms with Crippen molar-refractivity contribution in [1.29, 1.82) is 5.26 Å². The van der Waals surface area contributed by atoms with Crippen LogP contribution in [0.5, 0.6) is 0 Å². The number of rotatable bonds is 2. The molecular weight excluding hydrogens is 234 g/mol. The number of hydrogen-bond donors (Lipinski definition) is 0. The van der Waals surface area contributed by atoms with Gasteiger partial charge in [0.25, 0.3) is 0 Å². The Morgan fingerprint density at radius 2 is 1.72 bits per heavy atom. The van der Waals surface area contributed by atoms with Crippen LogP contribution in [0.2, 0.25) is 0 Å². The Labute approximate surface area is 106 Å². The van der Waals surface area contributed by atoms with Crippen molar-refractivity contribution < 1.29 is 8.78 Å². The van der Waals surface area contributed by atoms with Gasteiger partial charge in [0, 0.05) is 13.1 Å². The van der Waals surface area contributed by atoms with Crippen molar-refractivity contribution in [2.75, 3.05) is 11.9 Å². The average molecular weight is 250 g/mol. The first kappa shape index (κ1) is 12.8. The highest BCUT2D eigenvalue weighted by molar-refractivity contribution is 5.52. The van der Waals surface area contributed by atoms with Crippen LogP contribution in [-0.2, 0) is 0 Å². The molecule has 4 heteroatoms. The molecule has 0 atom stereocenters. The van der Waals surface area contributed by atoms with E-state index in [0.29, 0.717) is 0 Å². The predicted octanol–water partition coefficient (Wildman–Crippen LogP) is 3.61. The first-order valence-corrected chi connectivity index (χ1v) is 6.25. The molecule has 0 aromatic heterocycles. The molecule has 1 aliphatic carbocycles. The van der Waals surface area contributed by atoms with Gasteiger partial charge in [0.2, 0.25) is 0 Å². The number of nitrogens with zero attached hydrogens (tertiary/aromatic N) is 2. The minimum Gasteiger partial charge on any atom is -0.367 e. The molecule has 1 saturated carbocycles. The van der Waals surface area contributed by atoms with Crippen molar-refractivity contribution in [2.45, 2.75) is 38.1 Å². The minimum atomic E-state index is -0.653. The zero-order valence-electron chi connectivity index (χ0n) is 10.4. The van der Waals surface area contributed by atoms with Crippen LogP contribution in [0.15, 0.2) is 12.1 Å². The van der Waals surface area contributed by atoms with Gasteiger partial charge < -0.3 is 4.90 Å². The summed E-state index contributed by atoms with van der Waals surface area (Å²) >= 11 is 0. The molecule has 18 heavy (non-hydrogen) atoms. The molecular formula is C14H16F2N2. The van der Waals surface area contributed by atoms with Gasteiger partial charge in [-0.2, -0.15) is 5.26 Å². The van der Waals surface area contributed by atoms with E-state index in [9.17, 15) is 8.78 Å². The second-order valence-electron chi connectivity index (χ2n) is 4.80. The van der Waals surface area contributed by atoms with Crippen molar-refractivity contribution in [3.8, 4) is 6.07 Å². The summed E-state index contributed by atoms with van der Waals surface area (Å²) < 4.78 is 27.7. The number of benzene rings is 1. The van der Waals surface area contributed by atoms with Gasteiger partial charge in [0.05, 0.1) is 11.6 Å². The van der Waals surface area contributed by atoms with E-state index in [4.69, 9.17) is 5.26 Å². The summed E-state index contributed by atoms with van der Waals surface area (Å²) in [5, 5.41) is 8.67. The van der Waals surface area contributed by atoms with Gasteiger partial charge in [0.15, 0.2) is 11.6 Å². The van der Waals surface area contributed by atoms with Gasteiger partial charge >= 0.3 is 0 Å². The number of hydrogen-bond acceptors (Lipinski definition) is 2.